The first-order valence-corrected chi connectivity index (χ1v) is 7.75. The Morgan fingerprint density at radius 3 is 2.42 bits per heavy atom. The fourth-order valence-corrected chi connectivity index (χ4v) is 2.19. The molecular formula is C17H24N2O5. The molecule has 1 aromatic carbocycles. The fraction of sp³-hybridized carbons (Fsp3) is 0.412. The molecule has 24 heavy (non-hydrogen) atoms. The van der Waals surface area contributed by atoms with Crippen molar-refractivity contribution in [3.8, 4) is 5.75 Å². The summed E-state index contributed by atoms with van der Waals surface area (Å²) < 4.78 is 5.88. The number of nitrogens with zero attached hydrogens (tertiary/aromatic N) is 1. The molecule has 7 nitrogen and oxygen atoms in total. The monoisotopic (exact) mass is 336 g/mol. The fourth-order valence-electron chi connectivity index (χ4n) is 2.19. The van der Waals surface area contributed by atoms with Gasteiger partial charge in [0.15, 0.2) is 0 Å². The Morgan fingerprint density at radius 2 is 1.83 bits per heavy atom. The molecule has 1 aliphatic rings. The molecule has 3 N–H and O–H groups in total. The summed E-state index contributed by atoms with van der Waals surface area (Å²) in [5, 5.41) is 18.1. The highest BCUT2D eigenvalue weighted by molar-refractivity contribution is 6.27. The van der Waals surface area contributed by atoms with E-state index in [1.165, 1.54) is 5.56 Å². The number of carboxylic acids is 2. The average Bonchev–Trinajstić information content (AvgIpc) is 2.58. The van der Waals surface area contributed by atoms with Gasteiger partial charge in [-0.1, -0.05) is 24.3 Å². The molecule has 0 unspecified atom stereocenters. The van der Waals surface area contributed by atoms with Crippen LogP contribution in [0.2, 0.25) is 0 Å². The zero-order chi connectivity index (χ0) is 17.8. The minimum absolute atomic E-state index is 0.758. The zero-order valence-corrected chi connectivity index (χ0v) is 13.6. The van der Waals surface area contributed by atoms with Gasteiger partial charge in [0.25, 0.3) is 0 Å². The molecule has 7 heteroatoms. The number of para-hydroxylation sites is 1. The first kappa shape index (κ1) is 19.7. The van der Waals surface area contributed by atoms with Gasteiger partial charge in [0, 0.05) is 32.7 Å². The lowest BCUT2D eigenvalue weighted by molar-refractivity contribution is -0.159. The van der Waals surface area contributed by atoms with Gasteiger partial charge in [0.1, 0.15) is 12.4 Å². The van der Waals surface area contributed by atoms with Crippen molar-refractivity contribution >= 4 is 11.9 Å². The highest BCUT2D eigenvalue weighted by atomic mass is 16.5. The normalized spacial score (nSPS) is 14.2. The molecule has 0 amide bonds. The Hall–Kier alpha value is -2.38. The number of rotatable bonds is 6. The molecule has 0 radical (unpaired) electrons. The number of nitrogens with one attached hydrogen (secondary N) is 1. The number of benzene rings is 1. The predicted octanol–water partition coefficient (Wildman–Crippen LogP) is 0.855. The highest BCUT2D eigenvalue weighted by Crippen LogP contribution is 2.18. The van der Waals surface area contributed by atoms with Crippen LogP contribution in [0.4, 0.5) is 0 Å². The van der Waals surface area contributed by atoms with Gasteiger partial charge in [0.2, 0.25) is 0 Å². The second-order valence-corrected chi connectivity index (χ2v) is 5.15. The molecule has 132 valence electrons. The van der Waals surface area contributed by atoms with Crippen LogP contribution in [0.3, 0.4) is 0 Å². The van der Waals surface area contributed by atoms with E-state index in [1.54, 1.807) is 0 Å². The van der Waals surface area contributed by atoms with E-state index >= 15 is 0 Å². The van der Waals surface area contributed by atoms with Crippen LogP contribution in [0.25, 0.3) is 0 Å². The maximum absolute atomic E-state index is 9.10. The van der Waals surface area contributed by atoms with E-state index in [0.29, 0.717) is 0 Å². The van der Waals surface area contributed by atoms with Crippen molar-refractivity contribution in [3.05, 3.63) is 42.5 Å². The standard InChI is InChI=1S/C15H22N2O.C2H2O4/c1-2-5-14-6-3-4-7-15(14)18-13-12-17-10-8-16-9-11-17;3-1(4)2(5)6/h2-4,6-7,16H,1,5,8-13H2;(H,3,4)(H,5,6). The van der Waals surface area contributed by atoms with Crippen LogP contribution in [0.15, 0.2) is 36.9 Å². The summed E-state index contributed by atoms with van der Waals surface area (Å²) in [4.78, 5) is 20.6. The first-order chi connectivity index (χ1) is 11.5. The van der Waals surface area contributed by atoms with Gasteiger partial charge in [-0.2, -0.15) is 0 Å². The average molecular weight is 336 g/mol. The van der Waals surface area contributed by atoms with E-state index in [9.17, 15) is 0 Å². The zero-order valence-electron chi connectivity index (χ0n) is 13.6. The number of carbonyl (C=O) groups is 2. The van der Waals surface area contributed by atoms with Crippen LogP contribution < -0.4 is 10.1 Å². The third-order valence-corrected chi connectivity index (χ3v) is 3.39. The van der Waals surface area contributed by atoms with Gasteiger partial charge in [-0.05, 0) is 18.1 Å². The second-order valence-electron chi connectivity index (χ2n) is 5.15. The molecule has 1 fully saturated rings. The Balaban J connectivity index is 0.000000413. The lowest BCUT2D eigenvalue weighted by Gasteiger charge is -2.27. The molecular weight excluding hydrogens is 312 g/mol. The minimum Gasteiger partial charge on any atom is -0.492 e. The third kappa shape index (κ3) is 7.75. The van der Waals surface area contributed by atoms with E-state index < -0.39 is 11.9 Å². The number of piperazine rings is 1. The number of aliphatic carboxylic acids is 2. The van der Waals surface area contributed by atoms with Gasteiger partial charge < -0.3 is 20.3 Å². The van der Waals surface area contributed by atoms with Crippen LogP contribution in [0, 0.1) is 0 Å². The summed E-state index contributed by atoms with van der Waals surface area (Å²) in [6, 6.07) is 8.20. The van der Waals surface area contributed by atoms with E-state index in [-0.39, 0.29) is 0 Å². The van der Waals surface area contributed by atoms with Crippen LogP contribution in [-0.2, 0) is 16.0 Å². The van der Waals surface area contributed by atoms with Gasteiger partial charge in [0.05, 0.1) is 0 Å². The minimum atomic E-state index is -1.82. The molecule has 0 spiro atoms. The number of hydrogen-bond acceptors (Lipinski definition) is 5. The smallest absolute Gasteiger partial charge is 0.414 e. The van der Waals surface area contributed by atoms with Crippen molar-refractivity contribution in [1.82, 2.24) is 10.2 Å². The lowest BCUT2D eigenvalue weighted by atomic mass is 10.1. The van der Waals surface area contributed by atoms with Crippen molar-refractivity contribution in [1.29, 1.82) is 0 Å². The third-order valence-electron chi connectivity index (χ3n) is 3.39. The molecule has 2 rings (SSSR count). The molecule has 0 saturated carbocycles. The molecule has 1 heterocycles. The summed E-state index contributed by atoms with van der Waals surface area (Å²) in [6.45, 7) is 9.97. The number of ether oxygens (including phenoxy) is 1. The maximum Gasteiger partial charge on any atom is 0.414 e. The molecule has 0 aliphatic carbocycles. The Bertz CT molecular complexity index is 530. The predicted molar refractivity (Wildman–Crippen MR) is 90.4 cm³/mol. The van der Waals surface area contributed by atoms with Crippen LogP contribution >= 0.6 is 0 Å². The number of hydrogen-bond donors (Lipinski definition) is 3. The van der Waals surface area contributed by atoms with Crippen molar-refractivity contribution < 1.29 is 24.5 Å². The molecule has 1 saturated heterocycles. The maximum atomic E-state index is 9.10. The topological polar surface area (TPSA) is 99.1 Å². The Morgan fingerprint density at radius 1 is 1.21 bits per heavy atom. The van der Waals surface area contributed by atoms with Crippen LogP contribution in [0.5, 0.6) is 5.75 Å². The van der Waals surface area contributed by atoms with Gasteiger partial charge in [-0.15, -0.1) is 6.58 Å². The second kappa shape index (κ2) is 11.2. The quantitative estimate of drug-likeness (QED) is 0.523. The van der Waals surface area contributed by atoms with Crippen LogP contribution in [-0.4, -0.2) is 66.4 Å². The van der Waals surface area contributed by atoms with E-state index in [4.69, 9.17) is 24.5 Å². The van der Waals surface area contributed by atoms with E-state index in [2.05, 4.69) is 22.9 Å². The van der Waals surface area contributed by atoms with Crippen LogP contribution in [0.1, 0.15) is 5.56 Å². The summed E-state index contributed by atoms with van der Waals surface area (Å²) >= 11 is 0. The van der Waals surface area contributed by atoms with Gasteiger partial charge >= 0.3 is 11.9 Å². The van der Waals surface area contributed by atoms with Gasteiger partial charge in [-0.3, -0.25) is 4.90 Å². The van der Waals surface area contributed by atoms with Gasteiger partial charge in [-0.25, -0.2) is 9.59 Å². The lowest BCUT2D eigenvalue weighted by Crippen LogP contribution is -2.44. The highest BCUT2D eigenvalue weighted by Gasteiger charge is 2.09. The number of allylic oxidation sites excluding steroid dienone is 1. The van der Waals surface area contributed by atoms with Crippen molar-refractivity contribution in [2.45, 2.75) is 6.42 Å². The Labute approximate surface area is 141 Å². The molecule has 0 bridgehead atoms. The van der Waals surface area contributed by atoms with Crippen molar-refractivity contribution in [2.75, 3.05) is 39.3 Å². The largest absolute Gasteiger partial charge is 0.492 e. The number of carboxylic acid groups (broad SMARTS) is 2. The molecule has 1 aliphatic heterocycles. The molecule has 1 aromatic rings. The van der Waals surface area contributed by atoms with E-state index in [0.717, 1.165) is 51.5 Å². The molecule has 0 atom stereocenters. The first-order valence-electron chi connectivity index (χ1n) is 7.75. The summed E-state index contributed by atoms with van der Waals surface area (Å²) in [5.74, 6) is -2.66. The Kier molecular flexibility index (Phi) is 9.18. The summed E-state index contributed by atoms with van der Waals surface area (Å²) in [6.07, 6.45) is 2.78. The summed E-state index contributed by atoms with van der Waals surface area (Å²) in [7, 11) is 0. The van der Waals surface area contributed by atoms with Crippen molar-refractivity contribution in [3.63, 3.8) is 0 Å². The summed E-state index contributed by atoms with van der Waals surface area (Å²) in [5.41, 5.74) is 1.22. The SMILES string of the molecule is C=CCc1ccccc1OCCN1CCNCC1.O=C(O)C(=O)O. The molecule has 0 aromatic heterocycles. The van der Waals surface area contributed by atoms with Crippen molar-refractivity contribution in [2.24, 2.45) is 0 Å². The van der Waals surface area contributed by atoms with E-state index in [1.807, 2.05) is 24.3 Å².